The van der Waals surface area contributed by atoms with Crippen LogP contribution in [0, 0.1) is 0 Å². The Hall–Kier alpha value is -4.02. The molecule has 0 spiro atoms. The molecule has 2 heterocycles. The summed E-state index contributed by atoms with van der Waals surface area (Å²) in [6.07, 6.45) is 1.74. The lowest BCUT2D eigenvalue weighted by molar-refractivity contribution is 0.102. The Kier molecular flexibility index (Phi) is 4.49. The molecular weight excluding hydrogens is 432 g/mol. The molecule has 160 valence electrons. The van der Waals surface area contributed by atoms with Crippen molar-refractivity contribution in [1.29, 1.82) is 0 Å². The van der Waals surface area contributed by atoms with Gasteiger partial charge in [-0.05, 0) is 40.6 Å². The van der Waals surface area contributed by atoms with Crippen molar-refractivity contribution in [2.75, 3.05) is 0 Å². The molecule has 1 atom stereocenters. The van der Waals surface area contributed by atoms with E-state index in [2.05, 4.69) is 4.98 Å². The quantitative estimate of drug-likeness (QED) is 0.306. The van der Waals surface area contributed by atoms with Gasteiger partial charge in [-0.2, -0.15) is 0 Å². The van der Waals surface area contributed by atoms with Crippen LogP contribution in [0.4, 0.5) is 0 Å². The lowest BCUT2D eigenvalue weighted by Crippen LogP contribution is -2.26. The number of fused-ring (bicyclic) bond motifs is 4. The van der Waals surface area contributed by atoms with Crippen molar-refractivity contribution < 1.29 is 9.53 Å². The fourth-order valence-corrected chi connectivity index (χ4v) is 4.99. The summed E-state index contributed by atoms with van der Waals surface area (Å²) in [5, 5.41) is 3.51. The average Bonchev–Trinajstić information content (AvgIpc) is 3.27. The van der Waals surface area contributed by atoms with Gasteiger partial charge in [-0.3, -0.25) is 4.79 Å². The number of hydrogen-bond acceptors (Lipinski definition) is 3. The first kappa shape index (κ1) is 19.6. The lowest BCUT2D eigenvalue weighted by atomic mass is 9.78. The number of hydrogen-bond donors (Lipinski definition) is 2. The Labute approximate surface area is 195 Å². The normalized spacial score (nSPS) is 15.5. The molecule has 5 aromatic rings. The number of carbonyl (C=O) groups is 1. The van der Waals surface area contributed by atoms with Crippen LogP contribution in [0.3, 0.4) is 0 Å². The molecule has 0 radical (unpaired) electrons. The van der Waals surface area contributed by atoms with E-state index >= 15 is 0 Å². The number of nitrogens with one attached hydrogen (secondary N) is 1. The number of H-pyrrole nitrogens is 1. The molecule has 0 amide bonds. The van der Waals surface area contributed by atoms with Gasteiger partial charge in [0.05, 0.1) is 5.57 Å². The van der Waals surface area contributed by atoms with E-state index in [0.717, 1.165) is 32.8 Å². The predicted octanol–water partition coefficient (Wildman–Crippen LogP) is 6.55. The van der Waals surface area contributed by atoms with Crippen LogP contribution in [0.5, 0.6) is 5.75 Å². The number of benzene rings is 4. The number of halogens is 1. The molecule has 4 aromatic carbocycles. The number of aromatic amines is 1. The van der Waals surface area contributed by atoms with Crippen LogP contribution in [-0.2, 0) is 0 Å². The molecule has 33 heavy (non-hydrogen) atoms. The molecule has 0 fully saturated rings. The van der Waals surface area contributed by atoms with Crippen molar-refractivity contribution >= 4 is 39.1 Å². The van der Waals surface area contributed by atoms with Gasteiger partial charge in [-0.25, -0.2) is 0 Å². The second-order valence-corrected chi connectivity index (χ2v) is 8.58. The van der Waals surface area contributed by atoms with Gasteiger partial charge in [0.2, 0.25) is 0 Å². The Balaban J connectivity index is 1.63. The first-order chi connectivity index (χ1) is 16.1. The SMILES string of the molecule is NC1=C(C(=O)c2c[nH]c3ccccc23)C(c2cccc(Cl)c2)c2c(ccc3ccccc23)O1. The topological polar surface area (TPSA) is 68.1 Å². The number of ether oxygens (including phenoxy) is 1. The third kappa shape index (κ3) is 3.11. The van der Waals surface area contributed by atoms with Crippen LogP contribution >= 0.6 is 11.6 Å². The average molecular weight is 451 g/mol. The summed E-state index contributed by atoms with van der Waals surface area (Å²) >= 11 is 6.38. The van der Waals surface area contributed by atoms with Crippen LogP contribution in [-0.4, -0.2) is 10.8 Å². The van der Waals surface area contributed by atoms with Crippen molar-refractivity contribution in [3.63, 3.8) is 0 Å². The highest BCUT2D eigenvalue weighted by Crippen LogP contribution is 2.47. The van der Waals surface area contributed by atoms with Gasteiger partial charge < -0.3 is 15.5 Å². The maximum absolute atomic E-state index is 14.0. The van der Waals surface area contributed by atoms with Gasteiger partial charge in [-0.15, -0.1) is 0 Å². The summed E-state index contributed by atoms with van der Waals surface area (Å²) in [5.41, 5.74) is 10.1. The highest BCUT2D eigenvalue weighted by Gasteiger charge is 2.36. The maximum atomic E-state index is 14.0. The number of aromatic nitrogens is 1. The number of para-hydroxylation sites is 1. The zero-order chi connectivity index (χ0) is 22.5. The van der Waals surface area contributed by atoms with E-state index in [0.29, 0.717) is 21.9 Å². The number of nitrogens with two attached hydrogens (primary N) is 1. The molecular formula is C28H19ClN2O2. The molecule has 6 rings (SSSR count). The van der Waals surface area contributed by atoms with Crippen molar-refractivity contribution in [2.24, 2.45) is 5.73 Å². The second kappa shape index (κ2) is 7.54. The summed E-state index contributed by atoms with van der Waals surface area (Å²) in [7, 11) is 0. The van der Waals surface area contributed by atoms with Crippen molar-refractivity contribution in [3.05, 3.63) is 124 Å². The molecule has 1 aromatic heterocycles. The van der Waals surface area contributed by atoms with E-state index < -0.39 is 5.92 Å². The first-order valence-corrected chi connectivity index (χ1v) is 11.0. The van der Waals surface area contributed by atoms with Crippen LogP contribution in [0.2, 0.25) is 5.02 Å². The molecule has 0 saturated heterocycles. The molecule has 5 heteroatoms. The van der Waals surface area contributed by atoms with Crippen LogP contribution < -0.4 is 10.5 Å². The Bertz CT molecular complexity index is 1600. The van der Waals surface area contributed by atoms with E-state index in [1.54, 1.807) is 6.20 Å². The van der Waals surface area contributed by atoms with E-state index in [9.17, 15) is 4.79 Å². The number of rotatable bonds is 3. The number of carbonyl (C=O) groups excluding carboxylic acids is 1. The monoisotopic (exact) mass is 450 g/mol. The van der Waals surface area contributed by atoms with Crippen molar-refractivity contribution in [3.8, 4) is 5.75 Å². The largest absolute Gasteiger partial charge is 0.441 e. The third-order valence-corrected chi connectivity index (χ3v) is 6.49. The highest BCUT2D eigenvalue weighted by molar-refractivity contribution is 6.30. The molecule has 0 aliphatic carbocycles. The number of ketones is 1. The molecule has 0 saturated carbocycles. The third-order valence-electron chi connectivity index (χ3n) is 6.25. The molecule has 1 aliphatic heterocycles. The van der Waals surface area contributed by atoms with E-state index in [4.69, 9.17) is 22.1 Å². The molecule has 4 nitrogen and oxygen atoms in total. The Morgan fingerprint density at radius 2 is 1.70 bits per heavy atom. The van der Waals surface area contributed by atoms with Crippen LogP contribution in [0.1, 0.15) is 27.4 Å². The fourth-order valence-electron chi connectivity index (χ4n) is 4.79. The minimum absolute atomic E-state index is 0.109. The van der Waals surface area contributed by atoms with Gasteiger partial charge >= 0.3 is 0 Å². The van der Waals surface area contributed by atoms with Crippen LogP contribution in [0.25, 0.3) is 21.7 Å². The zero-order valence-corrected chi connectivity index (χ0v) is 18.3. The zero-order valence-electron chi connectivity index (χ0n) is 17.5. The lowest BCUT2D eigenvalue weighted by Gasteiger charge is -2.30. The van der Waals surface area contributed by atoms with Gasteiger partial charge in [0, 0.05) is 39.2 Å². The first-order valence-electron chi connectivity index (χ1n) is 10.7. The fraction of sp³-hybridized carbons (Fsp3) is 0.0357. The highest BCUT2D eigenvalue weighted by atomic mass is 35.5. The summed E-state index contributed by atoms with van der Waals surface area (Å²) in [4.78, 5) is 17.2. The summed E-state index contributed by atoms with van der Waals surface area (Å²) in [6.45, 7) is 0. The van der Waals surface area contributed by atoms with Gasteiger partial charge in [0.15, 0.2) is 11.7 Å². The smallest absolute Gasteiger partial charge is 0.199 e. The van der Waals surface area contributed by atoms with Crippen molar-refractivity contribution in [2.45, 2.75) is 5.92 Å². The van der Waals surface area contributed by atoms with E-state index in [1.807, 2.05) is 84.9 Å². The summed E-state index contributed by atoms with van der Waals surface area (Å²) in [5.74, 6) is 0.151. The van der Waals surface area contributed by atoms with Gasteiger partial charge in [-0.1, -0.05) is 72.3 Å². The standard InChI is InChI=1S/C28H19ClN2O2/c29-18-8-5-7-17(14-18)24-25-19-9-2-1-6-16(19)12-13-23(25)33-28(30)26(24)27(32)21-15-31-22-11-4-3-10-20(21)22/h1-15,24,31H,30H2. The minimum atomic E-state index is -0.431. The molecule has 1 unspecified atom stereocenters. The maximum Gasteiger partial charge on any atom is 0.199 e. The van der Waals surface area contributed by atoms with Crippen molar-refractivity contribution in [1.82, 2.24) is 4.98 Å². The number of Topliss-reactive ketones (excluding diaryl/α,β-unsaturated/α-hetero) is 1. The predicted molar refractivity (Wildman–Crippen MR) is 132 cm³/mol. The van der Waals surface area contributed by atoms with Gasteiger partial charge in [0.1, 0.15) is 5.75 Å². The molecule has 3 N–H and O–H groups in total. The molecule has 1 aliphatic rings. The summed E-state index contributed by atoms with van der Waals surface area (Å²) in [6, 6.07) is 27.3. The second-order valence-electron chi connectivity index (χ2n) is 8.14. The Morgan fingerprint density at radius 1 is 0.909 bits per heavy atom. The minimum Gasteiger partial charge on any atom is -0.441 e. The molecule has 0 bridgehead atoms. The number of allylic oxidation sites excluding steroid dienone is 1. The van der Waals surface area contributed by atoms with Crippen LogP contribution in [0.15, 0.2) is 103 Å². The van der Waals surface area contributed by atoms with E-state index in [-0.39, 0.29) is 11.7 Å². The Morgan fingerprint density at radius 3 is 2.55 bits per heavy atom. The van der Waals surface area contributed by atoms with E-state index in [1.165, 1.54) is 0 Å². The van der Waals surface area contributed by atoms with Gasteiger partial charge in [0.25, 0.3) is 0 Å². The summed E-state index contributed by atoms with van der Waals surface area (Å²) < 4.78 is 6.06.